The summed E-state index contributed by atoms with van der Waals surface area (Å²) in [6.07, 6.45) is 7.74. The molecule has 0 aromatic carbocycles. The Kier molecular flexibility index (Phi) is 7.57. The molecule has 1 unspecified atom stereocenters. The number of likely N-dealkylation sites (tertiary alicyclic amines) is 1. The lowest BCUT2D eigenvalue weighted by Gasteiger charge is -2.26. The summed E-state index contributed by atoms with van der Waals surface area (Å²) < 4.78 is 12.7. The van der Waals surface area contributed by atoms with Gasteiger partial charge in [0, 0.05) is 13.1 Å². The minimum absolute atomic E-state index is 0.0107. The molecule has 4 heterocycles. The van der Waals surface area contributed by atoms with Gasteiger partial charge in [-0.15, -0.1) is 6.42 Å². The van der Waals surface area contributed by atoms with Gasteiger partial charge >= 0.3 is 5.97 Å². The lowest BCUT2D eigenvalue weighted by Crippen LogP contribution is -2.50. The van der Waals surface area contributed by atoms with Gasteiger partial charge in [-0.25, -0.2) is 14.8 Å². The topological polar surface area (TPSA) is 160 Å². The quantitative estimate of drug-likeness (QED) is 0.246. The van der Waals surface area contributed by atoms with Crippen molar-refractivity contribution in [3.05, 3.63) is 17.3 Å². The number of terminal acetylenes is 1. The molecule has 3 N–H and O–H groups in total. The van der Waals surface area contributed by atoms with Crippen LogP contribution in [-0.2, 0) is 25.5 Å². The minimum atomic E-state index is -2.25. The molecule has 2 aromatic rings. The predicted molar refractivity (Wildman–Crippen MR) is 133 cm³/mol. The second kappa shape index (κ2) is 10.7. The van der Waals surface area contributed by atoms with Crippen LogP contribution in [0.15, 0.2) is 6.33 Å². The predicted octanol–water partition coefficient (Wildman–Crippen LogP) is 0.927. The van der Waals surface area contributed by atoms with Crippen LogP contribution in [0, 0.1) is 18.3 Å². The van der Waals surface area contributed by atoms with Crippen molar-refractivity contribution in [2.24, 2.45) is 5.92 Å². The standard InChI is InChI=1S/C25H30ClN5O7/c1-2-25(36)16(12-37-18(23(34)35)21(33)30-9-5-6-10-30)38-22(19(25)32)31-13-27-17-15(11-14-7-3-4-8-14)28-24(26)29-20(17)31/h1,13-14,16,18-19,22,32,36H,3-12H2,(H,34,35)/t16-,18?,19+,22-,25-/m1/s1. The summed E-state index contributed by atoms with van der Waals surface area (Å²) in [5, 5.41) is 31.8. The van der Waals surface area contributed by atoms with E-state index >= 15 is 0 Å². The van der Waals surface area contributed by atoms with Crippen LogP contribution in [0.3, 0.4) is 0 Å². The zero-order valence-corrected chi connectivity index (χ0v) is 21.5. The summed E-state index contributed by atoms with van der Waals surface area (Å²) in [5.74, 6) is 0.473. The lowest BCUT2D eigenvalue weighted by molar-refractivity contribution is -0.167. The van der Waals surface area contributed by atoms with E-state index in [1.165, 1.54) is 28.6 Å². The Hall–Kier alpha value is -2.82. The molecule has 1 saturated carbocycles. The second-order valence-corrected chi connectivity index (χ2v) is 10.5. The fourth-order valence-corrected chi connectivity index (χ4v) is 5.80. The van der Waals surface area contributed by atoms with Gasteiger partial charge < -0.3 is 29.7 Å². The minimum Gasteiger partial charge on any atom is -0.479 e. The van der Waals surface area contributed by atoms with E-state index in [2.05, 4.69) is 20.9 Å². The number of hydrogen-bond acceptors (Lipinski definition) is 9. The summed E-state index contributed by atoms with van der Waals surface area (Å²) in [7, 11) is 0. The highest BCUT2D eigenvalue weighted by atomic mass is 35.5. The number of carbonyl (C=O) groups excluding carboxylic acids is 1. The molecule has 2 saturated heterocycles. The SMILES string of the molecule is C#C[C@@]1(O)[C@@H](COC(C(=O)O)C(=O)N2CCCC2)O[C@@H](n2cnc3c(CC4CCCC4)nc(Cl)nc32)[C@@H]1O. The summed E-state index contributed by atoms with van der Waals surface area (Å²) in [6.45, 7) is 0.337. The molecule has 0 spiro atoms. The van der Waals surface area contributed by atoms with E-state index in [1.807, 2.05) is 0 Å². The number of hydrogen-bond donors (Lipinski definition) is 3. The van der Waals surface area contributed by atoms with Gasteiger partial charge in [0.2, 0.25) is 11.4 Å². The highest BCUT2D eigenvalue weighted by Crippen LogP contribution is 2.39. The number of aliphatic hydroxyl groups is 2. The number of aliphatic carboxylic acids is 1. The first-order valence-electron chi connectivity index (χ1n) is 12.8. The molecule has 3 aliphatic rings. The number of rotatable bonds is 8. The Morgan fingerprint density at radius 1 is 1.26 bits per heavy atom. The number of carboxylic acid groups (broad SMARTS) is 1. The molecule has 13 heteroatoms. The maximum Gasteiger partial charge on any atom is 0.342 e. The molecule has 2 aliphatic heterocycles. The molecule has 5 atom stereocenters. The van der Waals surface area contributed by atoms with Crippen molar-refractivity contribution in [2.45, 2.75) is 75.1 Å². The van der Waals surface area contributed by atoms with Crippen LogP contribution in [0.5, 0.6) is 0 Å². The zero-order chi connectivity index (χ0) is 27.0. The van der Waals surface area contributed by atoms with Crippen molar-refractivity contribution in [1.29, 1.82) is 0 Å². The van der Waals surface area contributed by atoms with Crippen molar-refractivity contribution in [1.82, 2.24) is 24.4 Å². The second-order valence-electron chi connectivity index (χ2n) is 10.1. The van der Waals surface area contributed by atoms with Gasteiger partial charge in [-0.1, -0.05) is 31.6 Å². The average Bonchev–Trinajstić information content (AvgIpc) is 3.69. The van der Waals surface area contributed by atoms with Crippen LogP contribution < -0.4 is 0 Å². The van der Waals surface area contributed by atoms with Gasteiger partial charge in [-0.3, -0.25) is 9.36 Å². The summed E-state index contributed by atoms with van der Waals surface area (Å²) in [6, 6.07) is 0. The Morgan fingerprint density at radius 2 is 1.97 bits per heavy atom. The lowest BCUT2D eigenvalue weighted by atomic mass is 9.93. The van der Waals surface area contributed by atoms with E-state index in [1.54, 1.807) is 0 Å². The van der Waals surface area contributed by atoms with Gasteiger partial charge in [-0.05, 0) is 36.8 Å². The number of amides is 1. The van der Waals surface area contributed by atoms with E-state index in [0.29, 0.717) is 42.3 Å². The average molecular weight is 548 g/mol. The Morgan fingerprint density at radius 3 is 2.63 bits per heavy atom. The smallest absolute Gasteiger partial charge is 0.342 e. The maximum atomic E-state index is 12.7. The van der Waals surface area contributed by atoms with E-state index < -0.39 is 48.6 Å². The van der Waals surface area contributed by atoms with Crippen LogP contribution in [0.1, 0.15) is 50.4 Å². The molecule has 2 aromatic heterocycles. The zero-order valence-electron chi connectivity index (χ0n) is 20.7. The van der Waals surface area contributed by atoms with Crippen molar-refractivity contribution >= 4 is 34.6 Å². The Bertz CT molecular complexity index is 1250. The molecular weight excluding hydrogens is 518 g/mol. The first kappa shape index (κ1) is 26.8. The van der Waals surface area contributed by atoms with Crippen molar-refractivity contribution < 1.29 is 34.4 Å². The fraction of sp³-hybridized carbons (Fsp3) is 0.640. The highest BCUT2D eigenvalue weighted by molar-refractivity contribution is 6.28. The Labute approximate surface area is 223 Å². The van der Waals surface area contributed by atoms with Crippen LogP contribution in [-0.4, -0.2) is 95.2 Å². The molecule has 1 aliphatic carbocycles. The molecule has 0 bridgehead atoms. The molecule has 38 heavy (non-hydrogen) atoms. The molecule has 12 nitrogen and oxygen atoms in total. The monoisotopic (exact) mass is 547 g/mol. The number of ether oxygens (including phenoxy) is 2. The highest BCUT2D eigenvalue weighted by Gasteiger charge is 2.56. The fourth-order valence-electron chi connectivity index (χ4n) is 5.61. The third-order valence-electron chi connectivity index (χ3n) is 7.72. The number of fused-ring (bicyclic) bond motifs is 1. The van der Waals surface area contributed by atoms with Crippen molar-refractivity contribution in [3.63, 3.8) is 0 Å². The number of nitrogens with zero attached hydrogens (tertiary/aromatic N) is 5. The normalized spacial score (nSPS) is 28.7. The van der Waals surface area contributed by atoms with E-state index in [-0.39, 0.29) is 5.28 Å². The molecule has 1 amide bonds. The first-order chi connectivity index (χ1) is 18.2. The van der Waals surface area contributed by atoms with Crippen LogP contribution >= 0.6 is 11.6 Å². The molecule has 0 radical (unpaired) electrons. The molecular formula is C25H30ClN5O7. The number of carboxylic acids is 1. The molecule has 204 valence electrons. The van der Waals surface area contributed by atoms with Gasteiger partial charge in [0.25, 0.3) is 5.91 Å². The van der Waals surface area contributed by atoms with Crippen LogP contribution in [0.25, 0.3) is 11.2 Å². The van der Waals surface area contributed by atoms with E-state index in [4.69, 9.17) is 27.5 Å². The van der Waals surface area contributed by atoms with Gasteiger partial charge in [0.15, 0.2) is 17.5 Å². The summed E-state index contributed by atoms with van der Waals surface area (Å²) in [4.78, 5) is 39.0. The Balaban J connectivity index is 1.38. The summed E-state index contributed by atoms with van der Waals surface area (Å²) >= 11 is 6.23. The summed E-state index contributed by atoms with van der Waals surface area (Å²) in [5.41, 5.74) is -0.751. The van der Waals surface area contributed by atoms with Crippen LogP contribution in [0.4, 0.5) is 0 Å². The van der Waals surface area contributed by atoms with E-state index in [9.17, 15) is 24.9 Å². The van der Waals surface area contributed by atoms with Crippen molar-refractivity contribution in [2.75, 3.05) is 19.7 Å². The van der Waals surface area contributed by atoms with Gasteiger partial charge in [0.1, 0.15) is 17.7 Å². The molecule has 3 fully saturated rings. The van der Waals surface area contributed by atoms with Gasteiger partial charge in [0.05, 0.1) is 18.6 Å². The number of carbonyl (C=O) groups is 2. The third-order valence-corrected chi connectivity index (χ3v) is 7.89. The number of imidazole rings is 1. The number of aromatic nitrogens is 4. The van der Waals surface area contributed by atoms with Gasteiger partial charge in [-0.2, -0.15) is 4.98 Å². The third kappa shape index (κ3) is 4.85. The number of aliphatic hydroxyl groups excluding tert-OH is 1. The number of halogens is 1. The first-order valence-corrected chi connectivity index (χ1v) is 13.2. The van der Waals surface area contributed by atoms with Crippen LogP contribution in [0.2, 0.25) is 5.28 Å². The van der Waals surface area contributed by atoms with E-state index in [0.717, 1.165) is 25.7 Å². The van der Waals surface area contributed by atoms with Crippen molar-refractivity contribution in [3.8, 4) is 12.3 Å². The maximum absolute atomic E-state index is 12.7. The molecule has 5 rings (SSSR count). The largest absolute Gasteiger partial charge is 0.479 e.